The molecule has 0 unspecified atom stereocenters. The number of rotatable bonds is 5. The van der Waals surface area contributed by atoms with Crippen molar-refractivity contribution in [2.24, 2.45) is 0 Å². The average molecular weight is 427 g/mol. The highest BCUT2D eigenvalue weighted by Crippen LogP contribution is 2.37. The van der Waals surface area contributed by atoms with Gasteiger partial charge in [0.25, 0.3) is 11.5 Å². The second-order valence-corrected chi connectivity index (χ2v) is 7.14. The van der Waals surface area contributed by atoms with Crippen LogP contribution in [0.25, 0.3) is 0 Å². The molecule has 3 rings (SSSR count). The van der Waals surface area contributed by atoms with Gasteiger partial charge in [0.2, 0.25) is 0 Å². The van der Waals surface area contributed by atoms with Crippen LogP contribution in [0.2, 0.25) is 5.02 Å². The molecule has 2 N–H and O–H groups in total. The fraction of sp³-hybridized carbons (Fsp3) is 0.421. The molecule has 2 heterocycles. The van der Waals surface area contributed by atoms with Crippen molar-refractivity contribution in [2.75, 3.05) is 18.4 Å². The Hall–Kier alpha value is -2.68. The number of halogens is 3. The third kappa shape index (κ3) is 5.03. The summed E-state index contributed by atoms with van der Waals surface area (Å²) >= 11 is 6.11. The molecule has 0 spiro atoms. The van der Waals surface area contributed by atoms with Crippen molar-refractivity contribution in [3.8, 4) is 5.75 Å². The fourth-order valence-electron chi connectivity index (χ4n) is 3.02. The number of aromatic amines is 1. The smallest absolute Gasteiger partial charge is 0.321 e. The van der Waals surface area contributed by atoms with Crippen molar-refractivity contribution in [3.05, 3.63) is 51.4 Å². The number of nitrogens with zero attached hydrogens (tertiary/aromatic N) is 2. The molecule has 0 aliphatic carbocycles. The van der Waals surface area contributed by atoms with Crippen molar-refractivity contribution in [1.82, 2.24) is 15.1 Å². The minimum atomic E-state index is -2.95. The van der Waals surface area contributed by atoms with Gasteiger partial charge >= 0.3 is 6.03 Å². The van der Waals surface area contributed by atoms with Gasteiger partial charge < -0.3 is 15.0 Å². The normalized spacial score (nSPS) is 15.2. The monoisotopic (exact) mass is 426 g/mol. The number of urea groups is 1. The molecule has 156 valence electrons. The van der Waals surface area contributed by atoms with Crippen molar-refractivity contribution >= 4 is 23.3 Å². The molecule has 1 aromatic carbocycles. The molecule has 1 saturated heterocycles. The molecule has 7 nitrogen and oxygen atoms in total. The lowest BCUT2D eigenvalue weighted by atomic mass is 10.1. The SMILES string of the molecule is CCC(F)(F)c1ccc(Cl)c(OC2CCN(C(=O)Nc3ccn[nH]c3=O)CC2)c1. The van der Waals surface area contributed by atoms with Gasteiger partial charge in [0.05, 0.1) is 5.02 Å². The van der Waals surface area contributed by atoms with Gasteiger partial charge in [-0.1, -0.05) is 24.6 Å². The third-order valence-electron chi connectivity index (χ3n) is 4.79. The highest BCUT2D eigenvalue weighted by molar-refractivity contribution is 6.32. The van der Waals surface area contributed by atoms with Gasteiger partial charge in [-0.25, -0.2) is 18.7 Å². The second-order valence-electron chi connectivity index (χ2n) is 6.74. The molecule has 1 aliphatic rings. The van der Waals surface area contributed by atoms with Crippen LogP contribution in [0.15, 0.2) is 35.3 Å². The first-order valence-electron chi connectivity index (χ1n) is 9.24. The van der Waals surface area contributed by atoms with Gasteiger partial charge in [-0.05, 0) is 18.2 Å². The molecule has 1 aliphatic heterocycles. The summed E-state index contributed by atoms with van der Waals surface area (Å²) in [5.41, 5.74) is -0.514. The largest absolute Gasteiger partial charge is 0.489 e. The number of ether oxygens (including phenoxy) is 1. The van der Waals surface area contributed by atoms with Crippen molar-refractivity contribution in [2.45, 2.75) is 38.2 Å². The van der Waals surface area contributed by atoms with E-state index >= 15 is 0 Å². The summed E-state index contributed by atoms with van der Waals surface area (Å²) in [4.78, 5) is 25.5. The number of aromatic nitrogens is 2. The molecular weight excluding hydrogens is 406 g/mol. The third-order valence-corrected chi connectivity index (χ3v) is 5.10. The van der Waals surface area contributed by atoms with E-state index in [4.69, 9.17) is 16.3 Å². The Labute approximate surface area is 171 Å². The quantitative estimate of drug-likeness (QED) is 0.756. The first-order valence-corrected chi connectivity index (χ1v) is 9.62. The van der Waals surface area contributed by atoms with Crippen LogP contribution in [0.4, 0.5) is 19.3 Å². The zero-order valence-electron chi connectivity index (χ0n) is 15.8. The molecule has 2 aromatic rings. The Bertz CT molecular complexity index is 930. The number of H-pyrrole nitrogens is 1. The number of piperidine rings is 1. The van der Waals surface area contributed by atoms with Gasteiger partial charge in [0.1, 0.15) is 17.5 Å². The van der Waals surface area contributed by atoms with E-state index in [9.17, 15) is 18.4 Å². The molecule has 1 fully saturated rings. The van der Waals surface area contributed by atoms with Crippen LogP contribution < -0.4 is 15.6 Å². The molecule has 0 radical (unpaired) electrons. The summed E-state index contributed by atoms with van der Waals surface area (Å²) in [7, 11) is 0. The van der Waals surface area contributed by atoms with Crippen LogP contribution in [-0.2, 0) is 5.92 Å². The van der Waals surface area contributed by atoms with Gasteiger partial charge in [-0.3, -0.25) is 4.79 Å². The van der Waals surface area contributed by atoms with E-state index in [-0.39, 0.29) is 34.5 Å². The molecule has 2 amide bonds. The predicted molar refractivity (Wildman–Crippen MR) is 105 cm³/mol. The van der Waals surface area contributed by atoms with Gasteiger partial charge in [-0.15, -0.1) is 0 Å². The Morgan fingerprint density at radius 1 is 1.38 bits per heavy atom. The van der Waals surface area contributed by atoms with Crippen molar-refractivity contribution < 1.29 is 18.3 Å². The zero-order chi connectivity index (χ0) is 21.0. The molecule has 0 atom stereocenters. The molecule has 10 heteroatoms. The number of alkyl halides is 2. The van der Waals surface area contributed by atoms with Crippen molar-refractivity contribution in [1.29, 1.82) is 0 Å². The summed E-state index contributed by atoms with van der Waals surface area (Å²) in [5, 5.41) is 8.62. The van der Waals surface area contributed by atoms with Crippen LogP contribution in [0, 0.1) is 0 Å². The number of carbonyl (C=O) groups is 1. The maximum Gasteiger partial charge on any atom is 0.321 e. The highest BCUT2D eigenvalue weighted by Gasteiger charge is 2.30. The molecule has 0 bridgehead atoms. The average Bonchev–Trinajstić information content (AvgIpc) is 2.71. The van der Waals surface area contributed by atoms with E-state index in [0.29, 0.717) is 25.9 Å². The van der Waals surface area contributed by atoms with E-state index in [1.54, 1.807) is 4.90 Å². The lowest BCUT2D eigenvalue weighted by Crippen LogP contribution is -2.44. The summed E-state index contributed by atoms with van der Waals surface area (Å²) < 4.78 is 33.7. The van der Waals surface area contributed by atoms with Gasteiger partial charge in [0, 0.05) is 44.1 Å². The molecule has 29 heavy (non-hydrogen) atoms. The number of benzene rings is 1. The van der Waals surface area contributed by atoms with Crippen LogP contribution in [0.1, 0.15) is 31.7 Å². The molecular formula is C19H21ClF2N4O3. The first-order chi connectivity index (χ1) is 13.8. The van der Waals surface area contributed by atoms with E-state index in [1.807, 2.05) is 0 Å². The Kier molecular flexibility index (Phi) is 6.36. The number of carbonyl (C=O) groups excluding carboxylic acids is 1. The summed E-state index contributed by atoms with van der Waals surface area (Å²) in [5.74, 6) is -2.74. The van der Waals surface area contributed by atoms with Crippen LogP contribution >= 0.6 is 11.6 Å². The standard InChI is InChI=1S/C19H21ClF2N4O3/c1-2-19(21,22)12-3-4-14(20)16(11-12)29-13-6-9-26(10-7-13)18(28)24-15-5-8-23-25-17(15)27/h3-5,8,11,13H,2,6-7,9-10H2,1H3,(H,25,27)(H,23,24,28). The number of hydrogen-bond acceptors (Lipinski definition) is 4. The lowest BCUT2D eigenvalue weighted by Gasteiger charge is -2.32. The number of hydrogen-bond donors (Lipinski definition) is 2. The van der Waals surface area contributed by atoms with Gasteiger partial charge in [-0.2, -0.15) is 5.10 Å². The van der Waals surface area contributed by atoms with Crippen LogP contribution in [-0.4, -0.2) is 40.3 Å². The summed E-state index contributed by atoms with van der Waals surface area (Å²) in [6, 6.07) is 4.99. The van der Waals surface area contributed by atoms with Gasteiger partial charge in [0.15, 0.2) is 0 Å². The second kappa shape index (κ2) is 8.77. The fourth-order valence-corrected chi connectivity index (χ4v) is 3.18. The summed E-state index contributed by atoms with van der Waals surface area (Å²) in [6.07, 6.45) is 1.81. The van der Waals surface area contributed by atoms with Crippen LogP contribution in [0.3, 0.4) is 0 Å². The maximum atomic E-state index is 13.9. The molecule has 1 aromatic heterocycles. The Morgan fingerprint density at radius 3 is 2.76 bits per heavy atom. The number of likely N-dealkylation sites (tertiary alicyclic amines) is 1. The topological polar surface area (TPSA) is 87.3 Å². The lowest BCUT2D eigenvalue weighted by molar-refractivity contribution is -0.00869. The number of anilines is 1. The Morgan fingerprint density at radius 2 is 2.10 bits per heavy atom. The number of amides is 2. The zero-order valence-corrected chi connectivity index (χ0v) is 16.5. The molecule has 0 saturated carbocycles. The first kappa shape index (κ1) is 21.0. The van der Waals surface area contributed by atoms with E-state index in [1.165, 1.54) is 37.4 Å². The predicted octanol–water partition coefficient (Wildman–Crippen LogP) is 4.00. The highest BCUT2D eigenvalue weighted by atomic mass is 35.5. The summed E-state index contributed by atoms with van der Waals surface area (Å²) in [6.45, 7) is 2.19. The maximum absolute atomic E-state index is 13.9. The van der Waals surface area contributed by atoms with E-state index in [0.717, 1.165) is 0 Å². The van der Waals surface area contributed by atoms with E-state index in [2.05, 4.69) is 15.5 Å². The van der Waals surface area contributed by atoms with Crippen molar-refractivity contribution in [3.63, 3.8) is 0 Å². The minimum Gasteiger partial charge on any atom is -0.489 e. The Balaban J connectivity index is 1.59. The van der Waals surface area contributed by atoms with Crippen LogP contribution in [0.5, 0.6) is 5.75 Å². The minimum absolute atomic E-state index is 0.115. The number of nitrogens with one attached hydrogen (secondary N) is 2. The van der Waals surface area contributed by atoms with E-state index < -0.39 is 17.5 Å².